The molecule has 0 unspecified atom stereocenters. The standard InChI is InChI=1S/C14H13N3OS/c1-8-10(7-11-13(18)16-14(19)15-11)9-5-3-4-6-12(9)17(8)2/h3-7H,1-2H3,(H2,15,16,18,19)/b11-7-. The highest BCUT2D eigenvalue weighted by Crippen LogP contribution is 2.26. The minimum Gasteiger partial charge on any atom is -0.347 e. The van der Waals surface area contributed by atoms with Crippen LogP contribution in [0.15, 0.2) is 30.0 Å². The second kappa shape index (κ2) is 4.20. The Morgan fingerprint density at radius 1 is 1.26 bits per heavy atom. The number of nitrogens with one attached hydrogen (secondary N) is 2. The highest BCUT2D eigenvalue weighted by Gasteiger charge is 2.21. The molecule has 19 heavy (non-hydrogen) atoms. The number of amides is 1. The predicted octanol–water partition coefficient (Wildman–Crippen LogP) is 1.83. The van der Waals surface area contributed by atoms with Gasteiger partial charge in [0, 0.05) is 29.2 Å². The van der Waals surface area contributed by atoms with E-state index in [1.54, 1.807) is 0 Å². The molecular weight excluding hydrogens is 258 g/mol. The zero-order valence-corrected chi connectivity index (χ0v) is 11.5. The van der Waals surface area contributed by atoms with Crippen LogP contribution in [0.1, 0.15) is 11.3 Å². The number of rotatable bonds is 1. The minimum atomic E-state index is -0.183. The third-order valence-corrected chi connectivity index (χ3v) is 3.66. The van der Waals surface area contributed by atoms with E-state index in [-0.39, 0.29) is 5.91 Å². The van der Waals surface area contributed by atoms with Crippen molar-refractivity contribution in [2.24, 2.45) is 7.05 Å². The molecule has 1 aromatic carbocycles. The Kier molecular flexibility index (Phi) is 2.64. The van der Waals surface area contributed by atoms with Crippen molar-refractivity contribution >= 4 is 40.2 Å². The lowest BCUT2D eigenvalue weighted by molar-refractivity contribution is -0.115. The molecule has 0 aliphatic carbocycles. The van der Waals surface area contributed by atoms with E-state index >= 15 is 0 Å². The topological polar surface area (TPSA) is 46.1 Å². The van der Waals surface area contributed by atoms with Gasteiger partial charge in [0.1, 0.15) is 5.70 Å². The van der Waals surface area contributed by atoms with E-state index in [0.717, 1.165) is 22.2 Å². The number of carbonyl (C=O) groups excluding carboxylic acids is 1. The van der Waals surface area contributed by atoms with Crippen molar-refractivity contribution in [1.82, 2.24) is 15.2 Å². The maximum atomic E-state index is 11.7. The Bertz CT molecular complexity index is 742. The van der Waals surface area contributed by atoms with Gasteiger partial charge in [-0.1, -0.05) is 18.2 Å². The van der Waals surface area contributed by atoms with Gasteiger partial charge in [0.25, 0.3) is 5.91 Å². The Hall–Kier alpha value is -2.14. The van der Waals surface area contributed by atoms with Crippen molar-refractivity contribution < 1.29 is 4.79 Å². The van der Waals surface area contributed by atoms with Crippen LogP contribution in [0.25, 0.3) is 17.0 Å². The van der Waals surface area contributed by atoms with E-state index in [2.05, 4.69) is 27.3 Å². The van der Waals surface area contributed by atoms with Crippen LogP contribution >= 0.6 is 12.2 Å². The molecule has 1 fully saturated rings. The van der Waals surface area contributed by atoms with Gasteiger partial charge in [0.15, 0.2) is 5.11 Å². The Balaban J connectivity index is 2.21. The number of thiocarbonyl (C=S) groups is 1. The van der Waals surface area contributed by atoms with Crippen LogP contribution in [-0.4, -0.2) is 15.6 Å². The van der Waals surface area contributed by atoms with E-state index in [1.165, 1.54) is 0 Å². The van der Waals surface area contributed by atoms with Gasteiger partial charge in [0.05, 0.1) is 0 Å². The van der Waals surface area contributed by atoms with E-state index in [9.17, 15) is 4.79 Å². The van der Waals surface area contributed by atoms with Crippen molar-refractivity contribution in [3.05, 3.63) is 41.2 Å². The van der Waals surface area contributed by atoms with E-state index < -0.39 is 0 Å². The third-order valence-electron chi connectivity index (χ3n) is 3.46. The van der Waals surface area contributed by atoms with E-state index in [4.69, 9.17) is 12.2 Å². The highest BCUT2D eigenvalue weighted by molar-refractivity contribution is 7.80. The molecule has 3 rings (SSSR count). The van der Waals surface area contributed by atoms with Gasteiger partial charge in [-0.05, 0) is 31.3 Å². The average molecular weight is 271 g/mol. The molecule has 2 aromatic rings. The number of hydrogen-bond acceptors (Lipinski definition) is 2. The second-order valence-electron chi connectivity index (χ2n) is 4.54. The Labute approximate surface area is 116 Å². The molecule has 2 heterocycles. The molecule has 1 aliphatic heterocycles. The van der Waals surface area contributed by atoms with E-state index in [1.807, 2.05) is 32.2 Å². The molecule has 1 saturated heterocycles. The zero-order valence-electron chi connectivity index (χ0n) is 10.7. The minimum absolute atomic E-state index is 0.183. The van der Waals surface area contributed by atoms with Crippen LogP contribution in [-0.2, 0) is 11.8 Å². The van der Waals surface area contributed by atoms with Crippen LogP contribution in [0.3, 0.4) is 0 Å². The maximum Gasteiger partial charge on any atom is 0.273 e. The summed E-state index contributed by atoms with van der Waals surface area (Å²) < 4.78 is 2.12. The zero-order chi connectivity index (χ0) is 13.6. The molecule has 0 atom stereocenters. The fourth-order valence-electron chi connectivity index (χ4n) is 2.36. The molecule has 1 amide bonds. The lowest BCUT2D eigenvalue weighted by Crippen LogP contribution is -2.21. The normalized spacial score (nSPS) is 17.1. The van der Waals surface area contributed by atoms with Crippen LogP contribution in [0, 0.1) is 6.92 Å². The largest absolute Gasteiger partial charge is 0.347 e. The van der Waals surface area contributed by atoms with Gasteiger partial charge in [-0.15, -0.1) is 0 Å². The molecule has 0 saturated carbocycles. The average Bonchev–Trinajstić information content (AvgIpc) is 2.83. The SMILES string of the molecule is Cc1c(/C=C2\NC(=S)NC2=O)c2ccccc2n1C. The molecule has 5 heteroatoms. The number of para-hydroxylation sites is 1. The third kappa shape index (κ3) is 1.82. The van der Waals surface area contributed by atoms with Gasteiger partial charge in [-0.3, -0.25) is 10.1 Å². The Morgan fingerprint density at radius 2 is 2.00 bits per heavy atom. The van der Waals surface area contributed by atoms with Crippen LogP contribution in [0.5, 0.6) is 0 Å². The highest BCUT2D eigenvalue weighted by atomic mass is 32.1. The number of benzene rings is 1. The lowest BCUT2D eigenvalue weighted by atomic mass is 10.1. The summed E-state index contributed by atoms with van der Waals surface area (Å²) in [5.41, 5.74) is 3.79. The number of nitrogens with zero attached hydrogens (tertiary/aromatic N) is 1. The summed E-state index contributed by atoms with van der Waals surface area (Å²) in [5.74, 6) is -0.183. The molecule has 0 radical (unpaired) electrons. The lowest BCUT2D eigenvalue weighted by Gasteiger charge is -1.99. The monoisotopic (exact) mass is 271 g/mol. The second-order valence-corrected chi connectivity index (χ2v) is 4.95. The summed E-state index contributed by atoms with van der Waals surface area (Å²) in [6, 6.07) is 8.13. The number of aryl methyl sites for hydroxylation is 1. The van der Waals surface area contributed by atoms with Crippen LogP contribution in [0.2, 0.25) is 0 Å². The maximum absolute atomic E-state index is 11.7. The molecular formula is C14H13N3OS. The van der Waals surface area contributed by atoms with Crippen molar-refractivity contribution in [3.63, 3.8) is 0 Å². The summed E-state index contributed by atoms with van der Waals surface area (Å²) in [5, 5.41) is 6.93. The molecule has 2 N–H and O–H groups in total. The van der Waals surface area contributed by atoms with Crippen LogP contribution < -0.4 is 10.6 Å². The molecule has 0 bridgehead atoms. The van der Waals surface area contributed by atoms with Gasteiger partial charge in [-0.25, -0.2) is 0 Å². The fourth-order valence-corrected chi connectivity index (χ4v) is 2.56. The summed E-state index contributed by atoms with van der Waals surface area (Å²) in [4.78, 5) is 11.7. The summed E-state index contributed by atoms with van der Waals surface area (Å²) in [6.45, 7) is 2.04. The molecule has 96 valence electrons. The van der Waals surface area contributed by atoms with Crippen molar-refractivity contribution in [2.45, 2.75) is 6.92 Å². The van der Waals surface area contributed by atoms with Crippen molar-refractivity contribution in [3.8, 4) is 0 Å². The number of fused-ring (bicyclic) bond motifs is 1. The van der Waals surface area contributed by atoms with Gasteiger partial charge >= 0.3 is 0 Å². The predicted molar refractivity (Wildman–Crippen MR) is 79.5 cm³/mol. The van der Waals surface area contributed by atoms with Crippen molar-refractivity contribution in [2.75, 3.05) is 0 Å². The van der Waals surface area contributed by atoms with Gasteiger partial charge in [0.2, 0.25) is 0 Å². The first-order chi connectivity index (χ1) is 9.08. The fraction of sp³-hybridized carbons (Fsp3) is 0.143. The number of hydrogen-bond donors (Lipinski definition) is 2. The van der Waals surface area contributed by atoms with Crippen molar-refractivity contribution in [1.29, 1.82) is 0 Å². The number of aromatic nitrogens is 1. The summed E-state index contributed by atoms with van der Waals surface area (Å²) in [7, 11) is 2.02. The first-order valence-electron chi connectivity index (χ1n) is 5.96. The van der Waals surface area contributed by atoms with Gasteiger partial charge < -0.3 is 9.88 Å². The molecule has 0 spiro atoms. The molecule has 4 nitrogen and oxygen atoms in total. The number of carbonyl (C=O) groups is 1. The molecule has 1 aromatic heterocycles. The Morgan fingerprint density at radius 3 is 2.68 bits per heavy atom. The molecule has 1 aliphatic rings. The quantitative estimate of drug-likeness (QED) is 0.614. The van der Waals surface area contributed by atoms with E-state index in [0.29, 0.717) is 10.8 Å². The first kappa shape index (κ1) is 11.9. The van der Waals surface area contributed by atoms with Crippen LogP contribution in [0.4, 0.5) is 0 Å². The summed E-state index contributed by atoms with van der Waals surface area (Å²) in [6.07, 6.45) is 1.85. The smallest absolute Gasteiger partial charge is 0.273 e. The van der Waals surface area contributed by atoms with Gasteiger partial charge in [-0.2, -0.15) is 0 Å². The summed E-state index contributed by atoms with van der Waals surface area (Å²) >= 11 is 4.93. The first-order valence-corrected chi connectivity index (χ1v) is 6.37.